The first kappa shape index (κ1) is 20.0. The fourth-order valence-electron chi connectivity index (χ4n) is 3.16. The number of carbonyl (C=O) groups excluding carboxylic acids is 1. The molecular weight excluding hydrogens is 396 g/mol. The molecule has 156 valence electrons. The predicted octanol–water partition coefficient (Wildman–Crippen LogP) is 3.17. The largest absolute Gasteiger partial charge is 0.467 e. The maximum absolute atomic E-state index is 13.8. The van der Waals surface area contributed by atoms with Crippen LogP contribution >= 0.6 is 0 Å². The van der Waals surface area contributed by atoms with Gasteiger partial charge >= 0.3 is 0 Å². The number of nitrogens with one attached hydrogen (secondary N) is 1. The molecule has 0 aliphatic carbocycles. The molecule has 0 bridgehead atoms. The number of hydrogen-bond donors (Lipinski definition) is 1. The highest BCUT2D eigenvalue weighted by molar-refractivity contribution is 5.76. The molecule has 0 atom stereocenters. The lowest BCUT2D eigenvalue weighted by molar-refractivity contribution is -0.121. The SMILES string of the molecule is O=C(CCc1nc(-c2ccc(F)cc2)no1)NCCc1cc(F)cc2c1OCOC2. The number of rotatable bonds is 7. The van der Waals surface area contributed by atoms with Crippen molar-refractivity contribution in [1.29, 1.82) is 0 Å². The van der Waals surface area contributed by atoms with Crippen molar-refractivity contribution in [1.82, 2.24) is 15.5 Å². The van der Waals surface area contributed by atoms with Crippen LogP contribution < -0.4 is 10.1 Å². The van der Waals surface area contributed by atoms with Crippen LogP contribution in [0.5, 0.6) is 5.75 Å². The number of fused-ring (bicyclic) bond motifs is 1. The third-order valence-corrected chi connectivity index (χ3v) is 4.60. The van der Waals surface area contributed by atoms with Gasteiger partial charge < -0.3 is 19.3 Å². The molecule has 2 aromatic carbocycles. The number of amides is 1. The third-order valence-electron chi connectivity index (χ3n) is 4.60. The van der Waals surface area contributed by atoms with E-state index < -0.39 is 0 Å². The zero-order valence-electron chi connectivity index (χ0n) is 16.0. The van der Waals surface area contributed by atoms with Crippen molar-refractivity contribution in [2.45, 2.75) is 25.9 Å². The summed E-state index contributed by atoms with van der Waals surface area (Å²) in [5, 5.41) is 6.64. The summed E-state index contributed by atoms with van der Waals surface area (Å²) in [6, 6.07) is 8.53. The van der Waals surface area contributed by atoms with Crippen LogP contribution in [0.15, 0.2) is 40.9 Å². The fraction of sp³-hybridized carbons (Fsp3) is 0.286. The highest BCUT2D eigenvalue weighted by atomic mass is 19.1. The first-order chi connectivity index (χ1) is 14.6. The van der Waals surface area contributed by atoms with Crippen LogP contribution in [0.1, 0.15) is 23.4 Å². The van der Waals surface area contributed by atoms with E-state index in [1.54, 1.807) is 12.1 Å². The molecule has 1 aliphatic heterocycles. The van der Waals surface area contributed by atoms with E-state index >= 15 is 0 Å². The van der Waals surface area contributed by atoms with E-state index in [-0.39, 0.29) is 37.2 Å². The zero-order valence-corrected chi connectivity index (χ0v) is 16.0. The van der Waals surface area contributed by atoms with Crippen molar-refractivity contribution in [2.24, 2.45) is 0 Å². The fourth-order valence-corrected chi connectivity index (χ4v) is 3.16. The highest BCUT2D eigenvalue weighted by Crippen LogP contribution is 2.29. The second-order valence-corrected chi connectivity index (χ2v) is 6.78. The van der Waals surface area contributed by atoms with Gasteiger partial charge in [-0.2, -0.15) is 4.98 Å². The average molecular weight is 415 g/mol. The summed E-state index contributed by atoms with van der Waals surface area (Å²) in [4.78, 5) is 16.3. The van der Waals surface area contributed by atoms with Crippen LogP contribution in [0.4, 0.5) is 8.78 Å². The summed E-state index contributed by atoms with van der Waals surface area (Å²) >= 11 is 0. The number of hydrogen-bond acceptors (Lipinski definition) is 6. The molecule has 3 aromatic rings. The molecule has 0 spiro atoms. The molecule has 1 aliphatic rings. The van der Waals surface area contributed by atoms with Crippen LogP contribution in [0.3, 0.4) is 0 Å². The Labute approximate surface area is 171 Å². The van der Waals surface area contributed by atoms with Crippen LogP contribution in [-0.4, -0.2) is 29.4 Å². The lowest BCUT2D eigenvalue weighted by Crippen LogP contribution is -2.26. The van der Waals surface area contributed by atoms with E-state index in [1.165, 1.54) is 24.3 Å². The monoisotopic (exact) mass is 415 g/mol. The molecule has 1 amide bonds. The minimum Gasteiger partial charge on any atom is -0.467 e. The Hall–Kier alpha value is -3.33. The first-order valence-electron chi connectivity index (χ1n) is 9.45. The van der Waals surface area contributed by atoms with Gasteiger partial charge in [0.25, 0.3) is 0 Å². The van der Waals surface area contributed by atoms with Crippen LogP contribution in [-0.2, 0) is 29.0 Å². The Morgan fingerprint density at radius 3 is 2.77 bits per heavy atom. The van der Waals surface area contributed by atoms with Gasteiger partial charge in [-0.25, -0.2) is 8.78 Å². The molecule has 30 heavy (non-hydrogen) atoms. The van der Waals surface area contributed by atoms with E-state index in [1.807, 2.05) is 0 Å². The number of ether oxygens (including phenoxy) is 2. The van der Waals surface area contributed by atoms with Crippen LogP contribution in [0, 0.1) is 11.6 Å². The molecule has 1 aromatic heterocycles. The second kappa shape index (κ2) is 9.00. The van der Waals surface area contributed by atoms with E-state index in [0.717, 1.165) is 0 Å². The average Bonchev–Trinajstić information content (AvgIpc) is 3.22. The molecule has 7 nitrogen and oxygen atoms in total. The Morgan fingerprint density at radius 1 is 1.10 bits per heavy atom. The topological polar surface area (TPSA) is 86.5 Å². The summed E-state index contributed by atoms with van der Waals surface area (Å²) in [6.07, 6.45) is 0.869. The van der Waals surface area contributed by atoms with Gasteiger partial charge in [-0.3, -0.25) is 4.79 Å². The maximum Gasteiger partial charge on any atom is 0.227 e. The summed E-state index contributed by atoms with van der Waals surface area (Å²) in [5.41, 5.74) is 1.98. The minimum atomic E-state index is -0.363. The van der Waals surface area contributed by atoms with Gasteiger partial charge in [-0.05, 0) is 48.4 Å². The maximum atomic E-state index is 13.8. The molecule has 1 N–H and O–H groups in total. The number of benzene rings is 2. The third kappa shape index (κ3) is 4.80. The smallest absolute Gasteiger partial charge is 0.227 e. The Bertz CT molecular complexity index is 1040. The lowest BCUT2D eigenvalue weighted by atomic mass is 10.1. The van der Waals surface area contributed by atoms with Gasteiger partial charge in [0.1, 0.15) is 17.4 Å². The quantitative estimate of drug-likeness (QED) is 0.638. The van der Waals surface area contributed by atoms with Gasteiger partial charge in [-0.1, -0.05) is 5.16 Å². The van der Waals surface area contributed by atoms with E-state index in [9.17, 15) is 13.6 Å². The van der Waals surface area contributed by atoms with Gasteiger partial charge in [-0.15, -0.1) is 0 Å². The van der Waals surface area contributed by atoms with Gasteiger partial charge in [0, 0.05) is 30.5 Å². The van der Waals surface area contributed by atoms with E-state index in [0.29, 0.717) is 53.7 Å². The summed E-state index contributed by atoms with van der Waals surface area (Å²) in [6.45, 7) is 0.766. The first-order valence-corrected chi connectivity index (χ1v) is 9.45. The summed E-state index contributed by atoms with van der Waals surface area (Å²) < 4.78 is 42.5. The van der Waals surface area contributed by atoms with Crippen molar-refractivity contribution in [3.63, 3.8) is 0 Å². The summed E-state index contributed by atoms with van der Waals surface area (Å²) in [7, 11) is 0. The van der Waals surface area contributed by atoms with Crippen molar-refractivity contribution >= 4 is 5.91 Å². The van der Waals surface area contributed by atoms with E-state index in [4.69, 9.17) is 14.0 Å². The van der Waals surface area contributed by atoms with Gasteiger partial charge in [0.2, 0.25) is 17.6 Å². The van der Waals surface area contributed by atoms with Crippen molar-refractivity contribution in [3.8, 4) is 17.1 Å². The Kier molecular flexibility index (Phi) is 5.99. The van der Waals surface area contributed by atoms with Crippen LogP contribution in [0.2, 0.25) is 0 Å². The predicted molar refractivity (Wildman–Crippen MR) is 101 cm³/mol. The number of nitrogens with zero attached hydrogens (tertiary/aromatic N) is 2. The van der Waals surface area contributed by atoms with Crippen molar-refractivity contribution in [3.05, 3.63) is 65.1 Å². The molecular formula is C21H19F2N3O4. The molecule has 4 rings (SSSR count). The molecule has 9 heteroatoms. The van der Waals surface area contributed by atoms with Crippen LogP contribution in [0.25, 0.3) is 11.4 Å². The minimum absolute atomic E-state index is 0.127. The number of carbonyl (C=O) groups is 1. The second-order valence-electron chi connectivity index (χ2n) is 6.78. The Morgan fingerprint density at radius 2 is 1.93 bits per heavy atom. The number of halogens is 2. The molecule has 0 unspecified atom stereocenters. The lowest BCUT2D eigenvalue weighted by Gasteiger charge is -2.20. The standard InChI is InChI=1S/C21H19F2N3O4/c22-16-3-1-13(2-4-16)21-25-19(30-26-21)6-5-18(27)24-8-7-14-9-17(23)10-15-11-28-12-29-20(14)15/h1-4,9-10H,5-8,11-12H2,(H,24,27). The van der Waals surface area contributed by atoms with Gasteiger partial charge in [0.15, 0.2) is 6.79 Å². The molecule has 0 fully saturated rings. The zero-order chi connectivity index (χ0) is 20.9. The molecule has 2 heterocycles. The number of aryl methyl sites for hydroxylation is 1. The molecule has 0 saturated carbocycles. The van der Waals surface area contributed by atoms with Gasteiger partial charge in [0.05, 0.1) is 6.61 Å². The highest BCUT2D eigenvalue weighted by Gasteiger charge is 2.17. The normalized spacial score (nSPS) is 12.9. The molecule has 0 radical (unpaired) electrons. The molecule has 0 saturated heterocycles. The van der Waals surface area contributed by atoms with E-state index in [2.05, 4.69) is 15.5 Å². The van der Waals surface area contributed by atoms with Crippen molar-refractivity contribution < 1.29 is 27.6 Å². The number of aromatic nitrogens is 2. The Balaban J connectivity index is 1.26. The summed E-state index contributed by atoms with van der Waals surface area (Å²) in [5.74, 6) is 0.375. The van der Waals surface area contributed by atoms with Crippen molar-refractivity contribution in [2.75, 3.05) is 13.3 Å².